The van der Waals surface area contributed by atoms with Gasteiger partial charge in [-0.3, -0.25) is 6.08 Å². The Hall–Kier alpha value is -0.773. The second-order valence-corrected chi connectivity index (χ2v) is 3.11. The van der Waals surface area contributed by atoms with Crippen LogP contribution in [0.4, 0.5) is 4.39 Å². The first kappa shape index (κ1) is 11.3. The van der Waals surface area contributed by atoms with E-state index in [9.17, 15) is 4.39 Å². The summed E-state index contributed by atoms with van der Waals surface area (Å²) in [5, 5.41) is 0. The predicted molar refractivity (Wildman–Crippen MR) is 50.6 cm³/mol. The van der Waals surface area contributed by atoms with Crippen molar-refractivity contribution < 1.29 is 23.3 Å². The van der Waals surface area contributed by atoms with Crippen molar-refractivity contribution in [3.05, 3.63) is 59.4 Å². The van der Waals surface area contributed by atoms with Crippen LogP contribution in [-0.4, -0.2) is 0 Å². The van der Waals surface area contributed by atoms with Crippen molar-refractivity contribution in [2.24, 2.45) is 0 Å². The summed E-state index contributed by atoms with van der Waals surface area (Å²) in [7, 11) is 0. The van der Waals surface area contributed by atoms with Gasteiger partial charge in [0, 0.05) is 0 Å². The van der Waals surface area contributed by atoms with Gasteiger partial charge in [0.1, 0.15) is 5.82 Å². The van der Waals surface area contributed by atoms with E-state index in [0.29, 0.717) is 0 Å². The van der Waals surface area contributed by atoms with E-state index >= 15 is 0 Å². The summed E-state index contributed by atoms with van der Waals surface area (Å²) >= 11 is 0. The molecule has 0 aliphatic heterocycles. The molecule has 0 atom stereocenters. The van der Waals surface area contributed by atoms with Crippen LogP contribution < -0.4 is 18.9 Å². The first-order valence-corrected chi connectivity index (χ1v) is 4.35. The minimum absolute atomic E-state index is 0. The van der Waals surface area contributed by atoms with E-state index in [0.717, 1.165) is 18.4 Å². The van der Waals surface area contributed by atoms with E-state index in [2.05, 4.69) is 18.2 Å². The molecule has 0 spiro atoms. The van der Waals surface area contributed by atoms with Gasteiger partial charge in [-0.15, -0.1) is 6.42 Å². The number of rotatable bonds is 2. The molecular weight excluding hydrogens is 170 g/mol. The molecule has 0 saturated carbocycles. The molecule has 0 unspecified atom stereocenters. The molecular formula is C12H10FLi. The number of allylic oxidation sites excluding steroid dienone is 4. The van der Waals surface area contributed by atoms with Crippen molar-refractivity contribution in [3.63, 3.8) is 0 Å². The summed E-state index contributed by atoms with van der Waals surface area (Å²) in [6.45, 7) is 0. The monoisotopic (exact) mass is 180 g/mol. The Morgan fingerprint density at radius 3 is 2.50 bits per heavy atom. The molecule has 2 rings (SSSR count). The fourth-order valence-corrected chi connectivity index (χ4v) is 1.39. The zero-order valence-corrected chi connectivity index (χ0v) is 8.26. The van der Waals surface area contributed by atoms with E-state index in [4.69, 9.17) is 0 Å². The third-order valence-corrected chi connectivity index (χ3v) is 2.07. The predicted octanol–water partition coefficient (Wildman–Crippen LogP) is 0.0617. The van der Waals surface area contributed by atoms with Gasteiger partial charge in [-0.05, 0) is 24.1 Å². The van der Waals surface area contributed by atoms with Gasteiger partial charge in [0.15, 0.2) is 0 Å². The molecule has 66 valence electrons. The van der Waals surface area contributed by atoms with Crippen molar-refractivity contribution >= 4 is 0 Å². The summed E-state index contributed by atoms with van der Waals surface area (Å²) in [5.41, 5.74) is 2.34. The van der Waals surface area contributed by atoms with Crippen LogP contribution in [0.1, 0.15) is 12.0 Å². The van der Waals surface area contributed by atoms with Gasteiger partial charge in [0.25, 0.3) is 0 Å². The quantitative estimate of drug-likeness (QED) is 0.446. The molecule has 0 amide bonds. The van der Waals surface area contributed by atoms with Crippen molar-refractivity contribution in [2.75, 3.05) is 0 Å². The maximum atomic E-state index is 12.6. The summed E-state index contributed by atoms with van der Waals surface area (Å²) in [5.74, 6) is -0.177. The Bertz CT molecular complexity index is 349. The van der Waals surface area contributed by atoms with Gasteiger partial charge in [0.05, 0.1) is 0 Å². The van der Waals surface area contributed by atoms with Crippen LogP contribution in [0, 0.1) is 11.9 Å². The minimum atomic E-state index is -0.177. The Morgan fingerprint density at radius 2 is 1.93 bits per heavy atom. The third kappa shape index (κ3) is 2.87. The number of hydrogen-bond acceptors (Lipinski definition) is 0. The Morgan fingerprint density at radius 1 is 1.21 bits per heavy atom. The van der Waals surface area contributed by atoms with Crippen molar-refractivity contribution in [1.29, 1.82) is 0 Å². The first-order chi connectivity index (χ1) is 6.34. The van der Waals surface area contributed by atoms with Crippen molar-refractivity contribution in [1.82, 2.24) is 0 Å². The molecule has 0 aromatic heterocycles. The molecule has 0 N–H and O–H groups in total. The van der Waals surface area contributed by atoms with Gasteiger partial charge in [-0.2, -0.15) is 6.08 Å². The second-order valence-electron chi connectivity index (χ2n) is 3.11. The summed E-state index contributed by atoms with van der Waals surface area (Å²) in [6.07, 6.45) is 9.16. The van der Waals surface area contributed by atoms with Crippen LogP contribution >= 0.6 is 0 Å². The molecule has 0 bridgehead atoms. The number of benzene rings is 1. The fraction of sp³-hybridized carbons (Fsp3) is 0.167. The third-order valence-electron chi connectivity index (χ3n) is 2.07. The molecule has 0 heterocycles. The van der Waals surface area contributed by atoms with Crippen LogP contribution in [0.5, 0.6) is 0 Å². The zero-order valence-electron chi connectivity index (χ0n) is 8.26. The van der Waals surface area contributed by atoms with Crippen LogP contribution in [0.25, 0.3) is 0 Å². The SMILES string of the molecule is Fc1ccc(CC2=[C-]CC=C2)cc1.[Li+]. The summed E-state index contributed by atoms with van der Waals surface area (Å²) in [4.78, 5) is 0. The van der Waals surface area contributed by atoms with Crippen molar-refractivity contribution in [2.45, 2.75) is 12.8 Å². The van der Waals surface area contributed by atoms with Gasteiger partial charge >= 0.3 is 18.9 Å². The molecule has 1 aromatic rings. The molecule has 0 nitrogen and oxygen atoms in total. The standard InChI is InChI=1S/C12H10F.Li/c13-12-7-5-11(6-8-12)9-10-3-1-2-4-10;/h1,3,5-8H,2,9H2;/q-1;+1. The Balaban J connectivity index is 0.000000980. The maximum absolute atomic E-state index is 12.6. The van der Waals surface area contributed by atoms with E-state index in [1.165, 1.54) is 17.7 Å². The van der Waals surface area contributed by atoms with Crippen LogP contribution in [0.2, 0.25) is 0 Å². The van der Waals surface area contributed by atoms with E-state index in [1.54, 1.807) is 0 Å². The minimum Gasteiger partial charge on any atom is -0.269 e. The van der Waals surface area contributed by atoms with Crippen LogP contribution in [0.15, 0.2) is 42.0 Å². The topological polar surface area (TPSA) is 0 Å². The number of halogens is 1. The van der Waals surface area contributed by atoms with Crippen LogP contribution in [-0.2, 0) is 6.42 Å². The summed E-state index contributed by atoms with van der Waals surface area (Å²) < 4.78 is 12.6. The Labute approximate surface area is 95.7 Å². The van der Waals surface area contributed by atoms with Gasteiger partial charge in [0.2, 0.25) is 0 Å². The van der Waals surface area contributed by atoms with E-state index in [1.807, 2.05) is 12.1 Å². The second kappa shape index (κ2) is 5.19. The fourth-order valence-electron chi connectivity index (χ4n) is 1.39. The van der Waals surface area contributed by atoms with Gasteiger partial charge in [-0.25, -0.2) is 16.0 Å². The molecule has 0 saturated heterocycles. The average Bonchev–Trinajstić information content (AvgIpc) is 2.62. The molecule has 1 aliphatic rings. The first-order valence-electron chi connectivity index (χ1n) is 4.35. The zero-order chi connectivity index (χ0) is 9.10. The van der Waals surface area contributed by atoms with E-state index in [-0.39, 0.29) is 24.7 Å². The Kier molecular flexibility index (Phi) is 4.19. The molecule has 0 radical (unpaired) electrons. The van der Waals surface area contributed by atoms with Gasteiger partial charge in [-0.1, -0.05) is 12.1 Å². The van der Waals surface area contributed by atoms with Crippen LogP contribution in [0.3, 0.4) is 0 Å². The molecule has 0 fully saturated rings. The normalized spacial score (nSPS) is 13.6. The largest absolute Gasteiger partial charge is 1.00 e. The number of hydrogen-bond donors (Lipinski definition) is 0. The molecule has 1 aliphatic carbocycles. The molecule has 2 heteroatoms. The average molecular weight is 180 g/mol. The molecule has 1 aromatic carbocycles. The van der Waals surface area contributed by atoms with E-state index < -0.39 is 0 Å². The molecule has 14 heavy (non-hydrogen) atoms. The summed E-state index contributed by atoms with van der Waals surface area (Å²) in [6, 6.07) is 6.62. The van der Waals surface area contributed by atoms with Crippen molar-refractivity contribution in [3.8, 4) is 0 Å². The smallest absolute Gasteiger partial charge is 0.269 e. The van der Waals surface area contributed by atoms with Gasteiger partial charge < -0.3 is 0 Å². The maximum Gasteiger partial charge on any atom is 1.00 e.